The van der Waals surface area contributed by atoms with Gasteiger partial charge in [0.05, 0.1) is 28.1 Å². The maximum Gasteiger partial charge on any atom is 0.417 e. The molecule has 2 aromatic carbocycles. The van der Waals surface area contributed by atoms with Crippen LogP contribution in [0.25, 0.3) is 11.1 Å². The van der Waals surface area contributed by atoms with E-state index in [-0.39, 0.29) is 34.5 Å². The molecule has 2 heterocycles. The number of hydrogen-bond donors (Lipinski definition) is 3. The third-order valence-corrected chi connectivity index (χ3v) is 6.94. The summed E-state index contributed by atoms with van der Waals surface area (Å²) in [6.45, 7) is 5.10. The molecular weight excluding hydrogens is 520 g/mol. The van der Waals surface area contributed by atoms with E-state index in [2.05, 4.69) is 15.2 Å². The predicted octanol–water partition coefficient (Wildman–Crippen LogP) is 4.68. The largest absolute Gasteiger partial charge is 0.478 e. The van der Waals surface area contributed by atoms with Crippen LogP contribution in [0.3, 0.4) is 0 Å². The number of anilines is 2. The minimum atomic E-state index is -4.96. The predicted molar refractivity (Wildman–Crippen MR) is 138 cm³/mol. The molecule has 0 saturated carbocycles. The molecule has 3 aromatic rings. The van der Waals surface area contributed by atoms with E-state index in [0.29, 0.717) is 31.0 Å². The van der Waals surface area contributed by atoms with Crippen LogP contribution in [0, 0.1) is 5.82 Å². The lowest BCUT2D eigenvalue weighted by atomic mass is 9.99. The van der Waals surface area contributed by atoms with Crippen molar-refractivity contribution in [2.45, 2.75) is 32.1 Å². The summed E-state index contributed by atoms with van der Waals surface area (Å²) in [7, 11) is 1.98. The van der Waals surface area contributed by atoms with E-state index >= 15 is 0 Å². The first-order valence-electron chi connectivity index (χ1n) is 12.0. The van der Waals surface area contributed by atoms with E-state index in [9.17, 15) is 37.1 Å². The van der Waals surface area contributed by atoms with Crippen LogP contribution in [0.1, 0.15) is 40.1 Å². The molecular formula is C27H26F4N4O4. The Morgan fingerprint density at radius 1 is 1.05 bits per heavy atom. The number of pyridine rings is 1. The smallest absolute Gasteiger partial charge is 0.417 e. The third-order valence-electron chi connectivity index (χ3n) is 6.94. The molecule has 1 unspecified atom stereocenters. The van der Waals surface area contributed by atoms with Gasteiger partial charge >= 0.3 is 12.1 Å². The zero-order valence-corrected chi connectivity index (χ0v) is 21.3. The Morgan fingerprint density at radius 3 is 2.33 bits per heavy atom. The van der Waals surface area contributed by atoms with E-state index in [4.69, 9.17) is 0 Å². The number of nitrogens with one attached hydrogen (secondary N) is 2. The van der Waals surface area contributed by atoms with Gasteiger partial charge in [0.25, 0.3) is 5.91 Å². The Morgan fingerprint density at radius 2 is 1.72 bits per heavy atom. The minimum Gasteiger partial charge on any atom is -0.478 e. The van der Waals surface area contributed by atoms with Crippen molar-refractivity contribution in [2.75, 3.05) is 30.4 Å². The molecule has 0 aliphatic carbocycles. The summed E-state index contributed by atoms with van der Waals surface area (Å²) in [5.74, 6) is -3.11. The zero-order chi connectivity index (χ0) is 28.6. The highest BCUT2D eigenvalue weighted by Crippen LogP contribution is 2.36. The lowest BCUT2D eigenvalue weighted by Crippen LogP contribution is -2.55. The highest BCUT2D eigenvalue weighted by molar-refractivity contribution is 6.07. The van der Waals surface area contributed by atoms with Gasteiger partial charge < -0.3 is 20.3 Å². The normalized spacial score (nSPS) is 18.2. The summed E-state index contributed by atoms with van der Waals surface area (Å²) in [6.07, 6.45) is -4.27. The first-order valence-corrected chi connectivity index (χ1v) is 12.0. The van der Waals surface area contributed by atoms with Crippen LogP contribution in [-0.2, 0) is 6.18 Å². The molecule has 1 fully saturated rings. The van der Waals surface area contributed by atoms with Gasteiger partial charge in [-0.2, -0.15) is 13.2 Å². The number of carboxylic acids is 1. The second-order valence-electron chi connectivity index (χ2n) is 9.58. The lowest BCUT2D eigenvalue weighted by molar-refractivity contribution is -0.138. The van der Waals surface area contributed by atoms with Crippen molar-refractivity contribution in [3.05, 3.63) is 81.5 Å². The van der Waals surface area contributed by atoms with Gasteiger partial charge in [-0.3, -0.25) is 14.5 Å². The lowest BCUT2D eigenvalue weighted by Gasteiger charge is -2.44. The SMILES string of the molecule is CC1CN(c2ccc(-c3cc(C(=O)O)ccc3F)cc2NC(=O)c2c[nH]c(=O)cc2C(F)(F)F)C[C@@H](C)N1C. The number of rotatable bonds is 5. The topological polar surface area (TPSA) is 106 Å². The molecule has 206 valence electrons. The first-order chi connectivity index (χ1) is 18.3. The maximum atomic E-state index is 14.7. The van der Waals surface area contributed by atoms with Gasteiger partial charge in [0, 0.05) is 43.0 Å². The number of aromatic amines is 1. The number of carbonyl (C=O) groups is 2. The van der Waals surface area contributed by atoms with Gasteiger partial charge in [0.15, 0.2) is 0 Å². The second-order valence-corrected chi connectivity index (χ2v) is 9.58. The number of aromatic nitrogens is 1. The van der Waals surface area contributed by atoms with E-state index in [1.54, 1.807) is 12.1 Å². The van der Waals surface area contributed by atoms with Crippen LogP contribution < -0.4 is 15.8 Å². The van der Waals surface area contributed by atoms with Crippen molar-refractivity contribution in [3.8, 4) is 11.1 Å². The van der Waals surface area contributed by atoms with Crippen LogP contribution in [0.15, 0.2) is 53.5 Å². The Bertz CT molecular complexity index is 1480. The Balaban J connectivity index is 1.82. The van der Waals surface area contributed by atoms with E-state index in [0.717, 1.165) is 18.2 Å². The summed E-state index contributed by atoms with van der Waals surface area (Å²) in [5.41, 5.74) is -2.63. The molecule has 1 aliphatic rings. The molecule has 1 aliphatic heterocycles. The fourth-order valence-electron chi connectivity index (χ4n) is 4.64. The standard InChI is InChI=1S/C27H26F4N4O4/c1-14-12-35(13-15(2)34(14)3)23-7-5-16(18-8-17(26(38)39)4-6-21(18)28)9-22(23)33-25(37)19-11-32-24(36)10-20(19)27(29,30)31/h4-11,14-15H,12-13H2,1-3H3,(H,32,36)(H,33,37)(H,38,39)/t14-,15?/m1/s1. The molecule has 8 nitrogen and oxygen atoms in total. The van der Waals surface area contributed by atoms with Gasteiger partial charge in [-0.15, -0.1) is 0 Å². The highest BCUT2D eigenvalue weighted by atomic mass is 19.4. The summed E-state index contributed by atoms with van der Waals surface area (Å²) >= 11 is 0. The molecule has 12 heteroatoms. The van der Waals surface area contributed by atoms with Gasteiger partial charge in [-0.1, -0.05) is 6.07 Å². The number of alkyl halides is 3. The molecule has 0 spiro atoms. The summed E-state index contributed by atoms with van der Waals surface area (Å²) < 4.78 is 55.6. The summed E-state index contributed by atoms with van der Waals surface area (Å²) in [4.78, 5) is 42.4. The molecule has 1 saturated heterocycles. The number of carboxylic acid groups (broad SMARTS) is 1. The monoisotopic (exact) mass is 546 g/mol. The minimum absolute atomic E-state index is 0.0583. The van der Waals surface area contributed by atoms with Crippen LogP contribution in [0.5, 0.6) is 0 Å². The Labute approximate surface area is 220 Å². The fraction of sp³-hybridized carbons (Fsp3) is 0.296. The number of H-pyrrole nitrogens is 1. The van der Waals surface area contributed by atoms with Crippen molar-refractivity contribution in [3.63, 3.8) is 0 Å². The molecule has 39 heavy (non-hydrogen) atoms. The number of halogens is 4. The summed E-state index contributed by atoms with van der Waals surface area (Å²) in [6, 6.07) is 8.35. The fourth-order valence-corrected chi connectivity index (χ4v) is 4.64. The number of piperazine rings is 1. The van der Waals surface area contributed by atoms with Crippen LogP contribution >= 0.6 is 0 Å². The number of aromatic carboxylic acids is 1. The van der Waals surface area contributed by atoms with Gasteiger partial charge in [-0.05, 0) is 56.8 Å². The van der Waals surface area contributed by atoms with E-state index in [1.165, 1.54) is 6.07 Å². The number of hydrogen-bond acceptors (Lipinski definition) is 5. The molecule has 4 rings (SSSR count). The molecule has 1 aromatic heterocycles. The number of carbonyl (C=O) groups excluding carboxylic acids is 1. The quantitative estimate of drug-likeness (QED) is 0.402. The molecule has 0 radical (unpaired) electrons. The number of benzene rings is 2. The average molecular weight is 547 g/mol. The van der Waals surface area contributed by atoms with Crippen LogP contribution in [0.2, 0.25) is 0 Å². The van der Waals surface area contributed by atoms with Crippen molar-refractivity contribution in [1.29, 1.82) is 0 Å². The average Bonchev–Trinajstić information content (AvgIpc) is 2.86. The van der Waals surface area contributed by atoms with E-state index in [1.807, 2.05) is 25.8 Å². The highest BCUT2D eigenvalue weighted by Gasteiger charge is 2.36. The molecule has 1 amide bonds. The maximum absolute atomic E-state index is 14.7. The number of amides is 1. The summed E-state index contributed by atoms with van der Waals surface area (Å²) in [5, 5.41) is 11.8. The van der Waals surface area contributed by atoms with Gasteiger partial charge in [0.1, 0.15) is 5.82 Å². The molecule has 3 N–H and O–H groups in total. The van der Waals surface area contributed by atoms with Crippen molar-refractivity contribution in [2.24, 2.45) is 0 Å². The van der Waals surface area contributed by atoms with Crippen molar-refractivity contribution < 1.29 is 32.3 Å². The van der Waals surface area contributed by atoms with Crippen LogP contribution in [-0.4, -0.2) is 59.1 Å². The Kier molecular flexibility index (Phi) is 7.51. The zero-order valence-electron chi connectivity index (χ0n) is 21.3. The third kappa shape index (κ3) is 5.80. The van der Waals surface area contributed by atoms with Gasteiger partial charge in [0.2, 0.25) is 5.56 Å². The van der Waals surface area contributed by atoms with Crippen LogP contribution in [0.4, 0.5) is 28.9 Å². The van der Waals surface area contributed by atoms with E-state index < -0.39 is 40.6 Å². The number of nitrogens with zero attached hydrogens (tertiary/aromatic N) is 2. The van der Waals surface area contributed by atoms with Crippen molar-refractivity contribution >= 4 is 23.3 Å². The Hall–Kier alpha value is -4.19. The van der Waals surface area contributed by atoms with Gasteiger partial charge in [-0.25, -0.2) is 9.18 Å². The molecule has 0 bridgehead atoms. The first kappa shape index (κ1) is 27.8. The molecule has 2 atom stereocenters. The second kappa shape index (κ2) is 10.5. The van der Waals surface area contributed by atoms with Crippen molar-refractivity contribution in [1.82, 2.24) is 9.88 Å². The number of likely N-dealkylation sites (N-methyl/N-ethyl adjacent to an activating group) is 1.